The van der Waals surface area contributed by atoms with Crippen molar-refractivity contribution in [3.05, 3.63) is 38.3 Å². The third-order valence-corrected chi connectivity index (χ3v) is 3.31. The minimum atomic E-state index is -3.82. The highest BCUT2D eigenvalue weighted by atomic mass is 79.9. The molecule has 1 rings (SSSR count). The first-order valence-electron chi connectivity index (χ1n) is 3.65. The van der Waals surface area contributed by atoms with Crippen molar-refractivity contribution < 1.29 is 13.3 Å². The third kappa shape index (κ3) is 3.44. The van der Waals surface area contributed by atoms with Crippen LogP contribution in [0.3, 0.4) is 0 Å². The zero-order chi connectivity index (χ0) is 11.6. The number of nitrogens with zero attached hydrogens (tertiary/aromatic N) is 1. The Balaban J connectivity index is 3.32. The maximum Gasteiger partial charge on any atom is 0.274 e. The lowest BCUT2D eigenvalue weighted by molar-refractivity contribution is -0.385. The molecular formula is C7H5BrClNO4S. The first-order chi connectivity index (χ1) is 6.81. The summed E-state index contributed by atoms with van der Waals surface area (Å²) in [6.45, 7) is 0. The smallest absolute Gasteiger partial charge is 0.258 e. The van der Waals surface area contributed by atoms with E-state index < -0.39 is 19.7 Å². The summed E-state index contributed by atoms with van der Waals surface area (Å²) in [7, 11) is 1.23. The Kier molecular flexibility index (Phi) is 3.69. The van der Waals surface area contributed by atoms with E-state index in [-0.39, 0.29) is 11.3 Å². The summed E-state index contributed by atoms with van der Waals surface area (Å²) in [5.41, 5.74) is -0.217. The fourth-order valence-electron chi connectivity index (χ4n) is 1.03. The molecular weight excluding hydrogens is 310 g/mol. The van der Waals surface area contributed by atoms with Gasteiger partial charge in [-0.25, -0.2) is 8.42 Å². The van der Waals surface area contributed by atoms with Gasteiger partial charge in [0.2, 0.25) is 9.05 Å². The molecule has 0 aliphatic rings. The van der Waals surface area contributed by atoms with Crippen molar-refractivity contribution in [2.45, 2.75) is 5.75 Å². The lowest BCUT2D eigenvalue weighted by atomic mass is 10.2. The van der Waals surface area contributed by atoms with Crippen molar-refractivity contribution in [3.63, 3.8) is 0 Å². The molecule has 0 amide bonds. The summed E-state index contributed by atoms with van der Waals surface area (Å²) < 4.78 is 22.0. The van der Waals surface area contributed by atoms with Crippen molar-refractivity contribution >= 4 is 41.4 Å². The summed E-state index contributed by atoms with van der Waals surface area (Å²) in [6.07, 6.45) is 0. The molecule has 82 valence electrons. The van der Waals surface area contributed by atoms with Crippen molar-refractivity contribution in [1.29, 1.82) is 0 Å². The van der Waals surface area contributed by atoms with Gasteiger partial charge in [-0.05, 0) is 6.07 Å². The predicted molar refractivity (Wildman–Crippen MR) is 59.3 cm³/mol. The Hall–Kier alpha value is -0.660. The monoisotopic (exact) mass is 313 g/mol. The predicted octanol–water partition coefficient (Wildman–Crippen LogP) is 2.43. The molecule has 0 atom stereocenters. The van der Waals surface area contributed by atoms with Gasteiger partial charge in [0.25, 0.3) is 5.69 Å². The summed E-state index contributed by atoms with van der Waals surface area (Å²) in [6, 6.07) is 4.19. The molecule has 8 heteroatoms. The Labute approximate surface area is 98.7 Å². The number of hydrogen-bond acceptors (Lipinski definition) is 4. The second-order valence-corrected chi connectivity index (χ2v) is 6.31. The molecule has 0 saturated heterocycles. The Morgan fingerprint density at radius 3 is 2.53 bits per heavy atom. The molecule has 0 saturated carbocycles. The molecule has 15 heavy (non-hydrogen) atoms. The molecule has 0 aromatic heterocycles. The highest BCUT2D eigenvalue weighted by molar-refractivity contribution is 9.10. The average molecular weight is 315 g/mol. The molecule has 1 aromatic carbocycles. The van der Waals surface area contributed by atoms with Crippen LogP contribution in [0.15, 0.2) is 22.7 Å². The fraction of sp³-hybridized carbons (Fsp3) is 0.143. The molecule has 0 spiro atoms. The van der Waals surface area contributed by atoms with E-state index >= 15 is 0 Å². The molecule has 0 fully saturated rings. The van der Waals surface area contributed by atoms with Crippen molar-refractivity contribution in [1.82, 2.24) is 0 Å². The summed E-state index contributed by atoms with van der Waals surface area (Å²) in [5.74, 6) is -0.577. The van der Waals surface area contributed by atoms with E-state index in [0.717, 1.165) is 0 Å². The van der Waals surface area contributed by atoms with Crippen LogP contribution in [0.25, 0.3) is 0 Å². The van der Waals surface area contributed by atoms with Gasteiger partial charge in [-0.2, -0.15) is 0 Å². The van der Waals surface area contributed by atoms with E-state index in [4.69, 9.17) is 10.7 Å². The lowest BCUT2D eigenvalue weighted by Crippen LogP contribution is -2.01. The van der Waals surface area contributed by atoms with Gasteiger partial charge in [0, 0.05) is 21.2 Å². The summed E-state index contributed by atoms with van der Waals surface area (Å²) in [4.78, 5) is 9.96. The quantitative estimate of drug-likeness (QED) is 0.488. The van der Waals surface area contributed by atoms with Crippen LogP contribution in [-0.2, 0) is 14.8 Å². The van der Waals surface area contributed by atoms with Crippen LogP contribution in [0.5, 0.6) is 0 Å². The average Bonchev–Trinajstić information content (AvgIpc) is 2.05. The second kappa shape index (κ2) is 4.46. The van der Waals surface area contributed by atoms with Gasteiger partial charge in [0.05, 0.1) is 16.2 Å². The number of nitro benzene ring substituents is 1. The van der Waals surface area contributed by atoms with E-state index in [0.29, 0.717) is 4.47 Å². The minimum Gasteiger partial charge on any atom is -0.258 e. The van der Waals surface area contributed by atoms with Gasteiger partial charge in [-0.1, -0.05) is 22.0 Å². The highest BCUT2D eigenvalue weighted by Gasteiger charge is 2.20. The van der Waals surface area contributed by atoms with E-state index in [2.05, 4.69) is 15.9 Å². The van der Waals surface area contributed by atoms with Crippen LogP contribution in [0.4, 0.5) is 5.69 Å². The van der Waals surface area contributed by atoms with E-state index in [9.17, 15) is 18.5 Å². The molecule has 0 N–H and O–H groups in total. The molecule has 0 heterocycles. The normalized spacial score (nSPS) is 11.3. The zero-order valence-corrected chi connectivity index (χ0v) is 10.3. The molecule has 5 nitrogen and oxygen atoms in total. The number of halogens is 2. The van der Waals surface area contributed by atoms with Crippen LogP contribution in [0.1, 0.15) is 5.56 Å². The molecule has 0 aliphatic carbocycles. The fourth-order valence-corrected chi connectivity index (χ4v) is 2.69. The van der Waals surface area contributed by atoms with E-state index in [1.54, 1.807) is 0 Å². The number of rotatable bonds is 3. The van der Waals surface area contributed by atoms with Crippen LogP contribution < -0.4 is 0 Å². The SMILES string of the molecule is O=[N+]([O-])c1cccc(Br)c1CS(=O)(=O)Cl. The summed E-state index contributed by atoms with van der Waals surface area (Å²) >= 11 is 3.04. The maximum atomic E-state index is 10.8. The first kappa shape index (κ1) is 12.4. The van der Waals surface area contributed by atoms with Crippen molar-refractivity contribution in [2.75, 3.05) is 0 Å². The Bertz CT molecular complexity index is 502. The van der Waals surface area contributed by atoms with Crippen molar-refractivity contribution in [3.8, 4) is 0 Å². The lowest BCUT2D eigenvalue weighted by Gasteiger charge is -2.02. The second-order valence-electron chi connectivity index (χ2n) is 2.68. The number of hydrogen-bond donors (Lipinski definition) is 0. The van der Waals surface area contributed by atoms with Crippen LogP contribution >= 0.6 is 26.6 Å². The number of nitro groups is 1. The maximum absolute atomic E-state index is 10.8. The zero-order valence-electron chi connectivity index (χ0n) is 7.18. The van der Waals surface area contributed by atoms with Crippen LogP contribution in [0, 0.1) is 10.1 Å². The van der Waals surface area contributed by atoms with Crippen molar-refractivity contribution in [2.24, 2.45) is 0 Å². The van der Waals surface area contributed by atoms with Crippen LogP contribution in [0.2, 0.25) is 0 Å². The Morgan fingerprint density at radius 1 is 1.47 bits per heavy atom. The van der Waals surface area contributed by atoms with Gasteiger partial charge in [-0.3, -0.25) is 10.1 Å². The van der Waals surface area contributed by atoms with E-state index in [1.165, 1.54) is 18.2 Å². The molecule has 0 aliphatic heterocycles. The van der Waals surface area contributed by atoms with Gasteiger partial charge in [-0.15, -0.1) is 0 Å². The van der Waals surface area contributed by atoms with Gasteiger partial charge in [0.1, 0.15) is 0 Å². The first-order valence-corrected chi connectivity index (χ1v) is 6.92. The van der Waals surface area contributed by atoms with Crippen LogP contribution in [-0.4, -0.2) is 13.3 Å². The Morgan fingerprint density at radius 2 is 2.07 bits per heavy atom. The standard InChI is InChI=1S/C7H5BrClNO4S/c8-6-2-1-3-7(10(11)12)5(6)4-15(9,13)14/h1-3H,4H2. The highest BCUT2D eigenvalue weighted by Crippen LogP contribution is 2.29. The number of benzene rings is 1. The van der Waals surface area contributed by atoms with E-state index in [1.807, 2.05) is 0 Å². The van der Waals surface area contributed by atoms with Gasteiger partial charge >= 0.3 is 0 Å². The molecule has 0 radical (unpaired) electrons. The third-order valence-electron chi connectivity index (χ3n) is 1.61. The molecule has 1 aromatic rings. The summed E-state index contributed by atoms with van der Waals surface area (Å²) in [5, 5.41) is 10.6. The van der Waals surface area contributed by atoms with Gasteiger partial charge in [0.15, 0.2) is 0 Å². The van der Waals surface area contributed by atoms with Gasteiger partial charge < -0.3 is 0 Å². The minimum absolute atomic E-state index is 0.0532. The topological polar surface area (TPSA) is 77.3 Å². The molecule has 0 bridgehead atoms. The largest absolute Gasteiger partial charge is 0.274 e. The molecule has 0 unspecified atom stereocenters.